The van der Waals surface area contributed by atoms with Crippen molar-refractivity contribution in [3.05, 3.63) is 200 Å². The Bertz CT molecular complexity index is 3210. The maximum atomic E-state index is 6.53. The molecule has 0 aliphatic rings. The molecule has 0 saturated carbocycles. The number of benzene rings is 10. The standard InChI is InChI=1S/C52H33NO/c1-2-11-35(12-3-1)41-14-6-8-18-48(41)53(49-19-10-17-46-44(49)31-32-47-45-16-7-9-20-50(45)54-52(46)47)40-28-25-34(26-29-40)38-27-30-43-39(33-38)24-23-37-22-21-36-13-4-5-15-42(36)51(37)43/h1-33H. The quantitative estimate of drug-likeness (QED) is 0.168. The Morgan fingerprint density at radius 3 is 1.83 bits per heavy atom. The van der Waals surface area contributed by atoms with E-state index in [2.05, 4.69) is 199 Å². The van der Waals surface area contributed by atoms with Crippen LogP contribution in [0.25, 0.3) is 87.3 Å². The van der Waals surface area contributed by atoms with E-state index < -0.39 is 0 Å². The van der Waals surface area contributed by atoms with Crippen LogP contribution in [0.1, 0.15) is 0 Å². The zero-order chi connectivity index (χ0) is 35.6. The lowest BCUT2D eigenvalue weighted by Gasteiger charge is -2.29. The number of furan rings is 1. The minimum absolute atomic E-state index is 0.905. The summed E-state index contributed by atoms with van der Waals surface area (Å²) in [6, 6.07) is 72.3. The average Bonchev–Trinajstić information content (AvgIpc) is 3.63. The van der Waals surface area contributed by atoms with Crippen molar-refractivity contribution in [2.75, 3.05) is 4.90 Å². The smallest absolute Gasteiger partial charge is 0.143 e. The summed E-state index contributed by atoms with van der Waals surface area (Å²) in [5.74, 6) is 0. The Kier molecular flexibility index (Phi) is 6.90. The minimum atomic E-state index is 0.905. The zero-order valence-corrected chi connectivity index (χ0v) is 29.4. The van der Waals surface area contributed by atoms with Crippen LogP contribution in [0, 0.1) is 0 Å². The Balaban J connectivity index is 1.08. The van der Waals surface area contributed by atoms with Crippen LogP contribution in [0.5, 0.6) is 0 Å². The van der Waals surface area contributed by atoms with E-state index in [4.69, 9.17) is 4.42 Å². The summed E-state index contributed by atoms with van der Waals surface area (Å²) in [5.41, 5.74) is 9.82. The predicted octanol–water partition coefficient (Wildman–Crippen LogP) is 15.0. The Labute approximate surface area is 312 Å². The number of hydrogen-bond acceptors (Lipinski definition) is 2. The van der Waals surface area contributed by atoms with Crippen LogP contribution in [0.15, 0.2) is 205 Å². The second kappa shape index (κ2) is 12.2. The molecule has 11 rings (SSSR count). The molecule has 0 atom stereocenters. The normalized spacial score (nSPS) is 11.7. The summed E-state index contributed by atoms with van der Waals surface area (Å²) in [4.78, 5) is 2.40. The molecule has 0 bridgehead atoms. The Hall–Kier alpha value is -7.16. The van der Waals surface area contributed by atoms with Gasteiger partial charge in [0.15, 0.2) is 0 Å². The third-order valence-corrected chi connectivity index (χ3v) is 11.0. The molecule has 0 N–H and O–H groups in total. The first-order valence-corrected chi connectivity index (χ1v) is 18.5. The average molecular weight is 688 g/mol. The van der Waals surface area contributed by atoms with Crippen LogP contribution < -0.4 is 4.90 Å². The SMILES string of the molecule is c1ccc(-c2ccccc2N(c2ccc(-c3ccc4c(ccc5ccc6ccccc6c54)c3)cc2)c2cccc3c2ccc2c4ccccc4oc32)cc1. The highest BCUT2D eigenvalue weighted by Gasteiger charge is 2.21. The van der Waals surface area contributed by atoms with Gasteiger partial charge in [-0.15, -0.1) is 0 Å². The van der Waals surface area contributed by atoms with Gasteiger partial charge in [-0.1, -0.05) is 158 Å². The van der Waals surface area contributed by atoms with Gasteiger partial charge in [-0.25, -0.2) is 0 Å². The van der Waals surface area contributed by atoms with Crippen molar-refractivity contribution in [2.45, 2.75) is 0 Å². The number of anilines is 3. The first-order chi connectivity index (χ1) is 26.8. The molecule has 0 fully saturated rings. The molecule has 0 amide bonds. The van der Waals surface area contributed by atoms with Gasteiger partial charge in [0.2, 0.25) is 0 Å². The summed E-state index contributed by atoms with van der Waals surface area (Å²) in [6.45, 7) is 0. The molecule has 0 spiro atoms. The molecule has 0 unspecified atom stereocenters. The fraction of sp³-hybridized carbons (Fsp3) is 0. The van der Waals surface area contributed by atoms with Gasteiger partial charge in [0, 0.05) is 32.8 Å². The monoisotopic (exact) mass is 687 g/mol. The second-order valence-electron chi connectivity index (χ2n) is 14.1. The van der Waals surface area contributed by atoms with Gasteiger partial charge >= 0.3 is 0 Å². The first-order valence-electron chi connectivity index (χ1n) is 18.5. The third-order valence-electron chi connectivity index (χ3n) is 11.0. The zero-order valence-electron chi connectivity index (χ0n) is 29.4. The molecule has 0 saturated heterocycles. The van der Waals surface area contributed by atoms with E-state index in [-0.39, 0.29) is 0 Å². The minimum Gasteiger partial charge on any atom is -0.455 e. The molecule has 10 aromatic carbocycles. The molecule has 0 radical (unpaired) electrons. The lowest BCUT2D eigenvalue weighted by Crippen LogP contribution is -2.11. The van der Waals surface area contributed by atoms with E-state index in [9.17, 15) is 0 Å². The van der Waals surface area contributed by atoms with Crippen LogP contribution in [-0.4, -0.2) is 0 Å². The number of hydrogen-bond donors (Lipinski definition) is 0. The van der Waals surface area contributed by atoms with Gasteiger partial charge in [-0.2, -0.15) is 0 Å². The fourth-order valence-electron chi connectivity index (χ4n) is 8.48. The van der Waals surface area contributed by atoms with Gasteiger partial charge in [0.25, 0.3) is 0 Å². The highest BCUT2D eigenvalue weighted by atomic mass is 16.3. The van der Waals surface area contributed by atoms with Crippen LogP contribution in [0.2, 0.25) is 0 Å². The van der Waals surface area contributed by atoms with Crippen LogP contribution >= 0.6 is 0 Å². The van der Waals surface area contributed by atoms with Crippen molar-refractivity contribution >= 4 is 82.1 Å². The van der Waals surface area contributed by atoms with Crippen LogP contribution in [0.4, 0.5) is 17.1 Å². The Morgan fingerprint density at radius 1 is 0.333 bits per heavy atom. The van der Waals surface area contributed by atoms with Gasteiger partial charge in [-0.3, -0.25) is 0 Å². The molecule has 2 nitrogen and oxygen atoms in total. The summed E-state index contributed by atoms with van der Waals surface area (Å²) in [7, 11) is 0. The molecular weight excluding hydrogens is 655 g/mol. The molecule has 1 heterocycles. The topological polar surface area (TPSA) is 16.4 Å². The molecule has 0 aliphatic carbocycles. The number of nitrogens with zero attached hydrogens (tertiary/aromatic N) is 1. The van der Waals surface area contributed by atoms with Crippen LogP contribution in [-0.2, 0) is 0 Å². The third kappa shape index (κ3) is 4.81. The number of para-hydroxylation sites is 2. The maximum Gasteiger partial charge on any atom is 0.143 e. The van der Waals surface area contributed by atoms with Gasteiger partial charge in [-0.05, 0) is 91.5 Å². The molecule has 2 heteroatoms. The summed E-state index contributed by atoms with van der Waals surface area (Å²) >= 11 is 0. The summed E-state index contributed by atoms with van der Waals surface area (Å²) in [5, 5.41) is 12.2. The van der Waals surface area contributed by atoms with E-state index in [1.807, 2.05) is 6.07 Å². The molecule has 54 heavy (non-hydrogen) atoms. The van der Waals surface area contributed by atoms with Crippen molar-refractivity contribution in [2.24, 2.45) is 0 Å². The van der Waals surface area contributed by atoms with E-state index in [1.165, 1.54) is 54.6 Å². The lowest BCUT2D eigenvalue weighted by molar-refractivity contribution is 0.672. The summed E-state index contributed by atoms with van der Waals surface area (Å²) < 4.78 is 6.53. The fourth-order valence-corrected chi connectivity index (χ4v) is 8.48. The number of rotatable bonds is 5. The lowest BCUT2D eigenvalue weighted by atomic mass is 9.94. The van der Waals surface area contributed by atoms with Crippen LogP contribution in [0.3, 0.4) is 0 Å². The first kappa shape index (κ1) is 30.5. The second-order valence-corrected chi connectivity index (χ2v) is 14.1. The van der Waals surface area contributed by atoms with Crippen molar-refractivity contribution in [3.63, 3.8) is 0 Å². The van der Waals surface area contributed by atoms with Gasteiger partial charge < -0.3 is 9.32 Å². The molecular formula is C52H33NO. The Morgan fingerprint density at radius 2 is 0.944 bits per heavy atom. The molecule has 1 aromatic heterocycles. The number of fused-ring (bicyclic) bond motifs is 10. The summed E-state index contributed by atoms with van der Waals surface area (Å²) in [6.07, 6.45) is 0. The van der Waals surface area contributed by atoms with Gasteiger partial charge in [0.05, 0.1) is 11.4 Å². The highest BCUT2D eigenvalue weighted by molar-refractivity contribution is 6.21. The van der Waals surface area contributed by atoms with Crippen molar-refractivity contribution < 1.29 is 4.42 Å². The molecule has 11 aromatic rings. The van der Waals surface area contributed by atoms with E-state index in [1.54, 1.807) is 0 Å². The van der Waals surface area contributed by atoms with Crippen molar-refractivity contribution in [1.82, 2.24) is 0 Å². The predicted molar refractivity (Wildman–Crippen MR) is 229 cm³/mol. The van der Waals surface area contributed by atoms with E-state index in [0.29, 0.717) is 0 Å². The molecule has 0 aliphatic heterocycles. The van der Waals surface area contributed by atoms with Crippen molar-refractivity contribution in [3.8, 4) is 22.3 Å². The van der Waals surface area contributed by atoms with E-state index >= 15 is 0 Å². The van der Waals surface area contributed by atoms with Gasteiger partial charge in [0.1, 0.15) is 11.2 Å². The van der Waals surface area contributed by atoms with E-state index in [0.717, 1.165) is 49.8 Å². The molecule has 252 valence electrons. The maximum absolute atomic E-state index is 6.53. The van der Waals surface area contributed by atoms with Crippen molar-refractivity contribution in [1.29, 1.82) is 0 Å². The largest absolute Gasteiger partial charge is 0.455 e. The highest BCUT2D eigenvalue weighted by Crippen LogP contribution is 2.46.